The molecule has 6 heteroatoms. The summed E-state index contributed by atoms with van der Waals surface area (Å²) in [6, 6.07) is 0. The van der Waals surface area contributed by atoms with E-state index in [4.69, 9.17) is 10.5 Å². The van der Waals surface area contributed by atoms with Crippen LogP contribution in [-0.2, 0) is 19.4 Å². The highest BCUT2D eigenvalue weighted by Crippen LogP contribution is 2.18. The van der Waals surface area contributed by atoms with E-state index in [0.717, 1.165) is 19.3 Å². The van der Waals surface area contributed by atoms with E-state index >= 15 is 0 Å². The summed E-state index contributed by atoms with van der Waals surface area (Å²) in [4.78, 5) is 29.5. The van der Waals surface area contributed by atoms with Crippen LogP contribution in [0.1, 0.15) is 84.0 Å². The molecule has 22 heavy (non-hydrogen) atoms. The van der Waals surface area contributed by atoms with Crippen molar-refractivity contribution < 1.29 is 29.9 Å². The van der Waals surface area contributed by atoms with Crippen LogP contribution in [0.25, 0.3) is 0 Å². The second-order valence-corrected chi connectivity index (χ2v) is 5.75. The Kier molecular flexibility index (Phi) is 14.0. The van der Waals surface area contributed by atoms with Crippen molar-refractivity contribution in [2.45, 2.75) is 84.0 Å². The Labute approximate surface area is 132 Å². The van der Waals surface area contributed by atoms with Gasteiger partial charge in [0.05, 0.1) is 12.3 Å². The highest BCUT2D eigenvalue weighted by Gasteiger charge is 2.24. The largest absolute Gasteiger partial charge is 0.345 e. The first-order valence-corrected chi connectivity index (χ1v) is 8.35. The molecule has 0 saturated carbocycles. The Morgan fingerprint density at radius 2 is 1.32 bits per heavy atom. The number of hydrogen-bond donors (Lipinski definition) is 2. The number of carbonyl (C=O) groups is 2. The van der Waals surface area contributed by atoms with Gasteiger partial charge in [-0.25, -0.2) is 9.59 Å². The second-order valence-electron chi connectivity index (χ2n) is 5.75. The lowest BCUT2D eigenvalue weighted by Gasteiger charge is -2.11. The van der Waals surface area contributed by atoms with Gasteiger partial charge in [-0.1, -0.05) is 71.1 Å². The summed E-state index contributed by atoms with van der Waals surface area (Å²) in [6.45, 7) is 2.21. The van der Waals surface area contributed by atoms with Gasteiger partial charge in [-0.05, 0) is 6.42 Å². The molecule has 0 heterocycles. The van der Waals surface area contributed by atoms with Crippen LogP contribution < -0.4 is 0 Å². The molecule has 0 spiro atoms. The van der Waals surface area contributed by atoms with Crippen LogP contribution in [0.4, 0.5) is 0 Å². The van der Waals surface area contributed by atoms with Crippen molar-refractivity contribution in [1.29, 1.82) is 0 Å². The highest BCUT2D eigenvalue weighted by atomic mass is 17.1. The van der Waals surface area contributed by atoms with Crippen molar-refractivity contribution in [2.75, 3.05) is 0 Å². The van der Waals surface area contributed by atoms with Gasteiger partial charge in [0.1, 0.15) is 0 Å². The maximum Gasteiger partial charge on any atom is 0.345 e. The van der Waals surface area contributed by atoms with Crippen LogP contribution in [0.2, 0.25) is 0 Å². The van der Waals surface area contributed by atoms with E-state index < -0.39 is 17.9 Å². The van der Waals surface area contributed by atoms with Crippen LogP contribution in [0.3, 0.4) is 0 Å². The van der Waals surface area contributed by atoms with Crippen molar-refractivity contribution in [3.63, 3.8) is 0 Å². The molecule has 0 saturated heterocycles. The van der Waals surface area contributed by atoms with Crippen molar-refractivity contribution in [3.05, 3.63) is 0 Å². The molecule has 0 bridgehead atoms. The molecular weight excluding hydrogens is 288 g/mol. The molecule has 130 valence electrons. The van der Waals surface area contributed by atoms with Crippen molar-refractivity contribution in [2.24, 2.45) is 5.92 Å². The molecule has 0 aliphatic heterocycles. The Morgan fingerprint density at radius 1 is 0.818 bits per heavy atom. The second kappa shape index (κ2) is 14.8. The molecule has 0 aliphatic rings. The van der Waals surface area contributed by atoms with Crippen LogP contribution in [0, 0.1) is 5.92 Å². The van der Waals surface area contributed by atoms with E-state index in [0.29, 0.717) is 6.42 Å². The maximum absolute atomic E-state index is 11.3. The zero-order valence-electron chi connectivity index (χ0n) is 13.6. The highest BCUT2D eigenvalue weighted by molar-refractivity contribution is 5.79. The minimum atomic E-state index is -0.900. The summed E-state index contributed by atoms with van der Waals surface area (Å²) >= 11 is 0. The van der Waals surface area contributed by atoms with Gasteiger partial charge in [-0.2, -0.15) is 10.5 Å². The minimum Gasteiger partial charge on any atom is -0.301 e. The monoisotopic (exact) mass is 318 g/mol. The maximum atomic E-state index is 11.3. The number of hydrogen-bond acceptors (Lipinski definition) is 6. The van der Waals surface area contributed by atoms with E-state index in [-0.39, 0.29) is 6.42 Å². The van der Waals surface area contributed by atoms with Crippen molar-refractivity contribution in [1.82, 2.24) is 0 Å². The van der Waals surface area contributed by atoms with E-state index in [1.165, 1.54) is 44.9 Å². The molecule has 1 atom stereocenters. The Morgan fingerprint density at radius 3 is 1.77 bits per heavy atom. The molecule has 0 amide bonds. The summed E-state index contributed by atoms with van der Waals surface area (Å²) in [5.74, 6) is -2.53. The number of carbonyl (C=O) groups excluding carboxylic acids is 2. The standard InChI is InChI=1S/C16H30O6/c1-2-3-4-5-6-7-8-9-10-11-12-14(16(18)22-20)13-15(17)21-19/h14,19-20H,2-13H2,1H3. The summed E-state index contributed by atoms with van der Waals surface area (Å²) in [5.41, 5.74) is 0. The fourth-order valence-electron chi connectivity index (χ4n) is 2.49. The van der Waals surface area contributed by atoms with E-state index in [2.05, 4.69) is 16.7 Å². The first kappa shape index (κ1) is 20.9. The Bertz CT molecular complexity index is 292. The molecule has 0 rings (SSSR count). The summed E-state index contributed by atoms with van der Waals surface area (Å²) in [6.07, 6.45) is 11.9. The lowest BCUT2D eigenvalue weighted by atomic mass is 9.97. The van der Waals surface area contributed by atoms with E-state index in [9.17, 15) is 9.59 Å². The first-order chi connectivity index (χ1) is 10.7. The predicted molar refractivity (Wildman–Crippen MR) is 82.0 cm³/mol. The van der Waals surface area contributed by atoms with Crippen LogP contribution >= 0.6 is 0 Å². The van der Waals surface area contributed by atoms with Gasteiger partial charge in [0.2, 0.25) is 0 Å². The molecule has 0 aromatic heterocycles. The normalized spacial score (nSPS) is 12.0. The summed E-state index contributed by atoms with van der Waals surface area (Å²) < 4.78 is 0. The predicted octanol–water partition coefficient (Wildman–Crippen LogP) is 4.34. The number of unbranched alkanes of at least 4 members (excludes halogenated alkanes) is 9. The molecule has 0 fully saturated rings. The molecule has 0 aromatic rings. The van der Waals surface area contributed by atoms with Crippen LogP contribution in [0.15, 0.2) is 0 Å². The topological polar surface area (TPSA) is 93.1 Å². The number of rotatable bonds is 14. The van der Waals surface area contributed by atoms with Crippen molar-refractivity contribution in [3.8, 4) is 0 Å². The Hall–Kier alpha value is -1.14. The van der Waals surface area contributed by atoms with E-state index in [1.807, 2.05) is 0 Å². The SMILES string of the molecule is CCCCCCCCCCCCC(CC(=O)OO)C(=O)OO. The third kappa shape index (κ3) is 11.5. The molecular formula is C16H30O6. The van der Waals surface area contributed by atoms with Gasteiger partial charge in [-0.15, -0.1) is 0 Å². The molecule has 0 aromatic carbocycles. The summed E-state index contributed by atoms with van der Waals surface area (Å²) in [5, 5.41) is 16.6. The first-order valence-electron chi connectivity index (χ1n) is 8.35. The molecule has 6 nitrogen and oxygen atoms in total. The minimum absolute atomic E-state index is 0.284. The van der Waals surface area contributed by atoms with Gasteiger partial charge in [-0.3, -0.25) is 0 Å². The molecule has 2 N–H and O–H groups in total. The van der Waals surface area contributed by atoms with E-state index in [1.54, 1.807) is 0 Å². The van der Waals surface area contributed by atoms with Gasteiger partial charge in [0.25, 0.3) is 0 Å². The molecule has 1 unspecified atom stereocenters. The molecule has 0 radical (unpaired) electrons. The fraction of sp³-hybridized carbons (Fsp3) is 0.875. The van der Waals surface area contributed by atoms with Gasteiger partial charge < -0.3 is 9.78 Å². The zero-order chi connectivity index (χ0) is 16.6. The average molecular weight is 318 g/mol. The molecule has 0 aliphatic carbocycles. The third-order valence-electron chi connectivity index (χ3n) is 3.84. The fourth-order valence-corrected chi connectivity index (χ4v) is 2.49. The lowest BCUT2D eigenvalue weighted by Crippen LogP contribution is -2.20. The zero-order valence-corrected chi connectivity index (χ0v) is 13.6. The van der Waals surface area contributed by atoms with Crippen LogP contribution in [-0.4, -0.2) is 22.5 Å². The lowest BCUT2D eigenvalue weighted by molar-refractivity contribution is -0.245. The Balaban J connectivity index is 3.63. The van der Waals surface area contributed by atoms with Crippen LogP contribution in [0.5, 0.6) is 0 Å². The van der Waals surface area contributed by atoms with Gasteiger partial charge in [0.15, 0.2) is 0 Å². The van der Waals surface area contributed by atoms with Gasteiger partial charge >= 0.3 is 11.9 Å². The van der Waals surface area contributed by atoms with Crippen molar-refractivity contribution >= 4 is 11.9 Å². The quantitative estimate of drug-likeness (QED) is 0.281. The van der Waals surface area contributed by atoms with Gasteiger partial charge in [0, 0.05) is 0 Å². The smallest absolute Gasteiger partial charge is 0.301 e. The third-order valence-corrected chi connectivity index (χ3v) is 3.84. The average Bonchev–Trinajstić information content (AvgIpc) is 2.54. The summed E-state index contributed by atoms with van der Waals surface area (Å²) in [7, 11) is 0.